The van der Waals surface area contributed by atoms with E-state index < -0.39 is 54.3 Å². The van der Waals surface area contributed by atoms with E-state index in [1.165, 1.54) is 20.8 Å². The number of halogens is 7. The summed E-state index contributed by atoms with van der Waals surface area (Å²) in [5.41, 5.74) is -1.27. The molecule has 1 unspecified atom stereocenters. The largest absolute Gasteiger partial charge is 0.466 e. The summed E-state index contributed by atoms with van der Waals surface area (Å²) < 4.78 is 101. The Balaban J connectivity index is 5.84. The maximum Gasteiger partial charge on any atom is 0.466 e. The maximum atomic E-state index is 13.5. The maximum absolute atomic E-state index is 13.5. The van der Waals surface area contributed by atoms with E-state index in [4.69, 9.17) is 0 Å². The molecule has 0 aromatic carbocycles. The zero-order valence-electron chi connectivity index (χ0n) is 15.0. The minimum Gasteiger partial charge on any atom is -0.412 e. The lowest BCUT2D eigenvalue weighted by atomic mass is 10.1. The Morgan fingerprint density at radius 3 is 1.81 bits per heavy atom. The van der Waals surface area contributed by atoms with E-state index in [2.05, 4.69) is 16.1 Å². The lowest BCUT2D eigenvalue weighted by molar-refractivity contribution is -0.350. The quantitative estimate of drug-likeness (QED) is 0.287. The van der Waals surface area contributed by atoms with Crippen LogP contribution in [0.3, 0.4) is 0 Å². The smallest absolute Gasteiger partial charge is 0.412 e. The lowest BCUT2D eigenvalue weighted by Crippen LogP contribution is -2.64. The van der Waals surface area contributed by atoms with Crippen molar-refractivity contribution in [1.29, 1.82) is 0 Å². The van der Waals surface area contributed by atoms with Gasteiger partial charge in [0.1, 0.15) is 0 Å². The van der Waals surface area contributed by atoms with Gasteiger partial charge in [0.15, 0.2) is 0 Å². The predicted octanol–water partition coefficient (Wildman–Crippen LogP) is 3.59. The number of rotatable bonds is 8. The van der Waals surface area contributed by atoms with Gasteiger partial charge in [-0.1, -0.05) is 6.58 Å². The first kappa shape index (κ1) is 25.1. The van der Waals surface area contributed by atoms with Crippen LogP contribution in [0.25, 0.3) is 0 Å². The summed E-state index contributed by atoms with van der Waals surface area (Å²) in [6, 6.07) is 0. The molecule has 0 rings (SSSR count). The van der Waals surface area contributed by atoms with Gasteiger partial charge in [0, 0.05) is 25.0 Å². The summed E-state index contributed by atoms with van der Waals surface area (Å²) in [6.07, 6.45) is -7.31. The van der Waals surface area contributed by atoms with Crippen LogP contribution in [0, 0.1) is 0 Å². The number of carbonyl (C=O) groups is 2. The fraction of sp³-hybridized carbons (Fsp3) is 0.733. The number of carbonyl (C=O) groups excluding carboxylic acids is 2. The van der Waals surface area contributed by atoms with E-state index in [9.17, 15) is 40.3 Å². The number of hydrogen-bond donors (Lipinski definition) is 1. The summed E-state index contributed by atoms with van der Waals surface area (Å²) in [7, 11) is 0. The van der Waals surface area contributed by atoms with E-state index >= 15 is 0 Å². The third-order valence-electron chi connectivity index (χ3n) is 2.94. The molecule has 158 valence electrons. The highest BCUT2D eigenvalue weighted by Gasteiger charge is 2.67. The van der Waals surface area contributed by atoms with Crippen molar-refractivity contribution in [2.24, 2.45) is 0 Å². The van der Waals surface area contributed by atoms with Crippen LogP contribution in [0.15, 0.2) is 12.7 Å². The molecule has 0 aromatic rings. The second kappa shape index (κ2) is 8.03. The lowest BCUT2D eigenvalue weighted by Gasteiger charge is -2.35. The van der Waals surface area contributed by atoms with E-state index in [0.29, 0.717) is 0 Å². The van der Waals surface area contributed by atoms with Gasteiger partial charge in [0.05, 0.1) is 6.61 Å². The Morgan fingerprint density at radius 2 is 1.48 bits per heavy atom. The first-order chi connectivity index (χ1) is 11.8. The van der Waals surface area contributed by atoms with Crippen molar-refractivity contribution in [3.63, 3.8) is 0 Å². The van der Waals surface area contributed by atoms with Crippen molar-refractivity contribution in [1.82, 2.24) is 5.32 Å². The second-order valence-electron chi connectivity index (χ2n) is 6.63. The van der Waals surface area contributed by atoms with Crippen molar-refractivity contribution in [3.8, 4) is 0 Å². The van der Waals surface area contributed by atoms with Gasteiger partial charge < -0.3 is 14.8 Å². The Hall–Kier alpha value is -1.85. The van der Waals surface area contributed by atoms with Crippen LogP contribution < -0.4 is 5.32 Å². The first-order valence-corrected chi connectivity index (χ1v) is 7.43. The van der Waals surface area contributed by atoms with Crippen molar-refractivity contribution < 1.29 is 49.8 Å². The third kappa shape index (κ3) is 6.67. The summed E-state index contributed by atoms with van der Waals surface area (Å²) >= 11 is 0. The zero-order valence-corrected chi connectivity index (χ0v) is 15.0. The molecule has 5 nitrogen and oxygen atoms in total. The molecule has 0 saturated heterocycles. The number of hydrogen-bond acceptors (Lipinski definition) is 4. The second-order valence-corrected chi connectivity index (χ2v) is 6.63. The van der Waals surface area contributed by atoms with Crippen LogP contribution in [0.4, 0.5) is 30.7 Å². The number of amides is 1. The van der Waals surface area contributed by atoms with Crippen LogP contribution in [-0.4, -0.2) is 47.8 Å². The molecule has 0 heterocycles. The first-order valence-electron chi connectivity index (χ1n) is 7.43. The normalized spacial score (nSPS) is 15.7. The summed E-state index contributed by atoms with van der Waals surface area (Å²) in [4.78, 5) is 23.4. The Labute approximate surface area is 150 Å². The molecule has 0 aliphatic rings. The van der Waals surface area contributed by atoms with Gasteiger partial charge in [-0.15, -0.1) is 0 Å². The van der Waals surface area contributed by atoms with E-state index in [0.717, 1.165) is 0 Å². The van der Waals surface area contributed by atoms with Crippen LogP contribution in [0.1, 0.15) is 34.1 Å². The average Bonchev–Trinajstić information content (AvgIpc) is 2.41. The number of ether oxygens (including phenoxy) is 2. The van der Waals surface area contributed by atoms with Gasteiger partial charge in [0.25, 0.3) is 0 Å². The fourth-order valence-electron chi connectivity index (χ4n) is 1.56. The highest BCUT2D eigenvalue weighted by Crippen LogP contribution is 2.39. The average molecular weight is 411 g/mol. The minimum atomic E-state index is -5.72. The van der Waals surface area contributed by atoms with Crippen molar-refractivity contribution >= 4 is 11.9 Å². The Morgan fingerprint density at radius 1 is 1.00 bits per heavy atom. The molecule has 0 saturated carbocycles. The van der Waals surface area contributed by atoms with Crippen LogP contribution in [0.5, 0.6) is 0 Å². The topological polar surface area (TPSA) is 64.6 Å². The molecule has 0 aromatic heterocycles. The van der Waals surface area contributed by atoms with Crippen LogP contribution in [-0.2, 0) is 19.1 Å². The molecule has 1 N–H and O–H groups in total. The number of esters is 1. The summed E-state index contributed by atoms with van der Waals surface area (Å²) in [6.45, 7) is 4.92. The monoisotopic (exact) mass is 411 g/mol. The molecule has 27 heavy (non-hydrogen) atoms. The van der Waals surface area contributed by atoms with Gasteiger partial charge in [-0.2, -0.15) is 22.0 Å². The molecular formula is C15H20F7NO4. The Bertz CT molecular complexity index is 564. The van der Waals surface area contributed by atoms with E-state index in [1.807, 2.05) is 5.32 Å². The van der Waals surface area contributed by atoms with Crippen LogP contribution >= 0.6 is 0 Å². The zero-order chi connectivity index (χ0) is 21.9. The summed E-state index contributed by atoms with van der Waals surface area (Å²) in [5.74, 6) is -17.4. The molecular weight excluding hydrogens is 391 g/mol. The van der Waals surface area contributed by atoms with E-state index in [1.54, 1.807) is 0 Å². The SMILES string of the molecule is C=CC(=O)OC(OCCC(F)(F)C(C)(F)F)(C(=O)NC(C)(C)C)C(F)(F)F. The van der Waals surface area contributed by atoms with Gasteiger partial charge in [-0.3, -0.25) is 4.79 Å². The molecule has 1 atom stereocenters. The molecule has 1 amide bonds. The highest BCUT2D eigenvalue weighted by molar-refractivity contribution is 5.90. The van der Waals surface area contributed by atoms with Crippen molar-refractivity contribution in [2.75, 3.05) is 6.61 Å². The molecule has 0 radical (unpaired) electrons. The molecule has 0 bridgehead atoms. The van der Waals surface area contributed by atoms with Crippen molar-refractivity contribution in [3.05, 3.63) is 12.7 Å². The number of alkyl halides is 7. The van der Waals surface area contributed by atoms with Crippen molar-refractivity contribution in [2.45, 2.75) is 63.5 Å². The predicted molar refractivity (Wildman–Crippen MR) is 79.1 cm³/mol. The molecule has 12 heteroatoms. The third-order valence-corrected chi connectivity index (χ3v) is 2.94. The highest BCUT2D eigenvalue weighted by atomic mass is 19.4. The minimum absolute atomic E-state index is 0.131. The standard InChI is InChI=1S/C15H20F7NO4/c1-6-9(24)27-14(15(20,21)22,10(25)23-11(2,3)4)26-8-7-13(18,19)12(5,16)17/h6H,1,7-8H2,2-5H3,(H,23,25). The molecule has 0 aliphatic carbocycles. The van der Waals surface area contributed by atoms with Gasteiger partial charge >= 0.3 is 35.7 Å². The molecule has 0 fully saturated rings. The van der Waals surface area contributed by atoms with Gasteiger partial charge in [-0.25, -0.2) is 13.6 Å². The summed E-state index contributed by atoms with van der Waals surface area (Å²) in [5, 5.41) is 1.84. The number of nitrogens with one attached hydrogen (secondary N) is 1. The molecule has 0 spiro atoms. The molecule has 0 aliphatic heterocycles. The Kier molecular flexibility index (Phi) is 7.48. The van der Waals surface area contributed by atoms with Gasteiger partial charge in [0.2, 0.25) is 0 Å². The van der Waals surface area contributed by atoms with Crippen LogP contribution in [0.2, 0.25) is 0 Å². The van der Waals surface area contributed by atoms with E-state index in [-0.39, 0.29) is 13.0 Å². The van der Waals surface area contributed by atoms with Gasteiger partial charge in [-0.05, 0) is 20.8 Å². The fourth-order valence-corrected chi connectivity index (χ4v) is 1.56.